The van der Waals surface area contributed by atoms with Crippen LogP contribution in [0.5, 0.6) is 11.5 Å². The van der Waals surface area contributed by atoms with Crippen LogP contribution in [-0.4, -0.2) is 50.6 Å². The Morgan fingerprint density at radius 2 is 1.75 bits per heavy atom. The molecular formula is C20H23BrN2O4S. The lowest BCUT2D eigenvalue weighted by molar-refractivity contribution is 0.173. The molecule has 1 saturated heterocycles. The number of piperazine rings is 1. The number of aryl methyl sites for hydroxylation is 1. The normalized spacial score (nSPS) is 17.8. The smallest absolute Gasteiger partial charge is 0.243 e. The van der Waals surface area contributed by atoms with Gasteiger partial charge in [-0.2, -0.15) is 4.31 Å². The molecule has 0 saturated carbocycles. The van der Waals surface area contributed by atoms with Crippen LogP contribution >= 0.6 is 15.9 Å². The first kappa shape index (κ1) is 19.7. The summed E-state index contributed by atoms with van der Waals surface area (Å²) in [7, 11) is -3.48. The van der Waals surface area contributed by atoms with E-state index in [1.807, 2.05) is 31.2 Å². The SMILES string of the molecule is CCc1cc(Br)ccc1S(=O)(=O)N1CCN(Cc2ccc3c(c2)OCO3)CC1. The average Bonchev–Trinajstić information content (AvgIpc) is 3.16. The largest absolute Gasteiger partial charge is 0.454 e. The van der Waals surface area contributed by atoms with E-state index in [9.17, 15) is 8.42 Å². The highest BCUT2D eigenvalue weighted by Crippen LogP contribution is 2.33. The van der Waals surface area contributed by atoms with Crippen LogP contribution < -0.4 is 9.47 Å². The molecule has 2 aromatic carbocycles. The summed E-state index contributed by atoms with van der Waals surface area (Å²) < 4.78 is 39.6. The van der Waals surface area contributed by atoms with Crippen molar-refractivity contribution in [3.63, 3.8) is 0 Å². The maximum Gasteiger partial charge on any atom is 0.243 e. The molecule has 0 radical (unpaired) electrons. The topological polar surface area (TPSA) is 59.1 Å². The van der Waals surface area contributed by atoms with Crippen LogP contribution in [0.3, 0.4) is 0 Å². The van der Waals surface area contributed by atoms with Crippen molar-refractivity contribution in [1.29, 1.82) is 0 Å². The number of ether oxygens (including phenoxy) is 2. The molecule has 28 heavy (non-hydrogen) atoms. The van der Waals surface area contributed by atoms with Gasteiger partial charge < -0.3 is 9.47 Å². The molecule has 0 unspecified atom stereocenters. The molecule has 0 bridgehead atoms. The molecule has 2 aromatic rings. The van der Waals surface area contributed by atoms with E-state index in [2.05, 4.69) is 20.8 Å². The fraction of sp³-hybridized carbons (Fsp3) is 0.400. The summed E-state index contributed by atoms with van der Waals surface area (Å²) in [6.45, 7) is 5.40. The quantitative estimate of drug-likeness (QED) is 0.676. The minimum atomic E-state index is -3.48. The van der Waals surface area contributed by atoms with Crippen LogP contribution in [0, 0.1) is 0 Å². The van der Waals surface area contributed by atoms with Gasteiger partial charge in [-0.05, 0) is 47.9 Å². The zero-order valence-corrected chi connectivity index (χ0v) is 18.1. The second-order valence-electron chi connectivity index (χ2n) is 6.97. The van der Waals surface area contributed by atoms with Crippen LogP contribution in [0.15, 0.2) is 45.8 Å². The van der Waals surface area contributed by atoms with Gasteiger partial charge in [-0.25, -0.2) is 8.42 Å². The highest BCUT2D eigenvalue weighted by molar-refractivity contribution is 9.10. The molecule has 0 amide bonds. The second kappa shape index (κ2) is 8.02. The van der Waals surface area contributed by atoms with Gasteiger partial charge in [0.25, 0.3) is 0 Å². The van der Waals surface area contributed by atoms with Gasteiger partial charge in [-0.1, -0.05) is 28.9 Å². The minimum Gasteiger partial charge on any atom is -0.454 e. The van der Waals surface area contributed by atoms with Crippen molar-refractivity contribution in [2.24, 2.45) is 0 Å². The number of benzene rings is 2. The molecule has 1 fully saturated rings. The fourth-order valence-corrected chi connectivity index (χ4v) is 5.75. The van der Waals surface area contributed by atoms with Crippen molar-refractivity contribution in [1.82, 2.24) is 9.21 Å². The van der Waals surface area contributed by atoms with E-state index >= 15 is 0 Å². The van der Waals surface area contributed by atoms with E-state index in [-0.39, 0.29) is 6.79 Å². The van der Waals surface area contributed by atoms with Crippen molar-refractivity contribution >= 4 is 26.0 Å². The van der Waals surface area contributed by atoms with Crippen LogP contribution in [0.2, 0.25) is 0 Å². The Morgan fingerprint density at radius 1 is 1.00 bits per heavy atom. The predicted molar refractivity (Wildman–Crippen MR) is 110 cm³/mol. The Balaban J connectivity index is 1.42. The first-order valence-electron chi connectivity index (χ1n) is 9.37. The number of nitrogens with zero attached hydrogens (tertiary/aromatic N) is 2. The Labute approximate surface area is 174 Å². The molecule has 2 aliphatic heterocycles. The lowest BCUT2D eigenvalue weighted by Gasteiger charge is -2.34. The van der Waals surface area contributed by atoms with Crippen molar-refractivity contribution in [2.75, 3.05) is 33.0 Å². The van der Waals surface area contributed by atoms with Gasteiger partial charge in [0.1, 0.15) is 0 Å². The molecule has 4 rings (SSSR count). The molecule has 0 aliphatic carbocycles. The zero-order valence-electron chi connectivity index (χ0n) is 15.7. The second-order valence-corrected chi connectivity index (χ2v) is 9.80. The van der Waals surface area contributed by atoms with Crippen molar-refractivity contribution in [3.8, 4) is 11.5 Å². The summed E-state index contributed by atoms with van der Waals surface area (Å²) in [5.41, 5.74) is 1.99. The van der Waals surface area contributed by atoms with Crippen LogP contribution in [0.4, 0.5) is 0 Å². The zero-order chi connectivity index (χ0) is 19.7. The summed E-state index contributed by atoms with van der Waals surface area (Å²) in [5, 5.41) is 0. The van der Waals surface area contributed by atoms with E-state index in [1.165, 1.54) is 0 Å². The van der Waals surface area contributed by atoms with E-state index in [1.54, 1.807) is 16.4 Å². The minimum absolute atomic E-state index is 0.269. The third-order valence-electron chi connectivity index (χ3n) is 5.20. The summed E-state index contributed by atoms with van der Waals surface area (Å²) >= 11 is 3.43. The van der Waals surface area contributed by atoms with Crippen molar-refractivity contribution in [2.45, 2.75) is 24.8 Å². The molecule has 0 aromatic heterocycles. The summed E-state index contributed by atoms with van der Waals surface area (Å²) in [6, 6.07) is 11.4. The Kier molecular flexibility index (Phi) is 5.64. The summed E-state index contributed by atoms with van der Waals surface area (Å²) in [4.78, 5) is 2.69. The molecule has 150 valence electrons. The monoisotopic (exact) mass is 466 g/mol. The number of fused-ring (bicyclic) bond motifs is 1. The van der Waals surface area contributed by atoms with Crippen LogP contribution in [0.25, 0.3) is 0 Å². The number of hydrogen-bond donors (Lipinski definition) is 0. The molecule has 0 atom stereocenters. The standard InChI is InChI=1S/C20H23BrN2O4S/c1-2-16-12-17(21)4-6-20(16)28(24,25)23-9-7-22(8-10-23)13-15-3-5-18-19(11-15)27-14-26-18/h3-6,11-12H,2,7-10,13-14H2,1H3. The lowest BCUT2D eigenvalue weighted by atomic mass is 10.2. The van der Waals surface area contributed by atoms with Crippen LogP contribution in [0.1, 0.15) is 18.1 Å². The third kappa shape index (κ3) is 3.91. The molecule has 8 heteroatoms. The fourth-order valence-electron chi connectivity index (χ4n) is 3.64. The molecule has 2 heterocycles. The first-order valence-corrected chi connectivity index (χ1v) is 11.6. The molecule has 6 nitrogen and oxygen atoms in total. The molecule has 0 N–H and O–H groups in total. The molecular weight excluding hydrogens is 444 g/mol. The maximum absolute atomic E-state index is 13.1. The van der Waals surface area contributed by atoms with Crippen molar-refractivity contribution in [3.05, 3.63) is 52.0 Å². The van der Waals surface area contributed by atoms with Crippen LogP contribution in [-0.2, 0) is 23.0 Å². The summed E-state index contributed by atoms with van der Waals surface area (Å²) in [6.07, 6.45) is 0.679. The molecule has 2 aliphatic rings. The van der Waals surface area contributed by atoms with E-state index in [0.29, 0.717) is 37.5 Å². The van der Waals surface area contributed by atoms with Crippen molar-refractivity contribution < 1.29 is 17.9 Å². The third-order valence-corrected chi connectivity index (χ3v) is 7.69. The number of halogens is 1. The maximum atomic E-state index is 13.1. The van der Waals surface area contributed by atoms with E-state index in [0.717, 1.165) is 33.6 Å². The Bertz CT molecular complexity index is 972. The number of sulfonamides is 1. The molecule has 0 spiro atoms. The lowest BCUT2D eigenvalue weighted by Crippen LogP contribution is -2.48. The van der Waals surface area contributed by atoms with E-state index in [4.69, 9.17) is 9.47 Å². The first-order chi connectivity index (χ1) is 13.5. The highest BCUT2D eigenvalue weighted by Gasteiger charge is 2.30. The van der Waals surface area contributed by atoms with Gasteiger partial charge in [0.05, 0.1) is 4.90 Å². The van der Waals surface area contributed by atoms with Gasteiger partial charge in [0.15, 0.2) is 11.5 Å². The number of hydrogen-bond acceptors (Lipinski definition) is 5. The highest BCUT2D eigenvalue weighted by atomic mass is 79.9. The van der Waals surface area contributed by atoms with Gasteiger partial charge in [0.2, 0.25) is 16.8 Å². The van der Waals surface area contributed by atoms with Gasteiger partial charge >= 0.3 is 0 Å². The summed E-state index contributed by atoms with van der Waals surface area (Å²) in [5.74, 6) is 1.56. The average molecular weight is 467 g/mol. The van der Waals surface area contributed by atoms with Gasteiger partial charge in [0, 0.05) is 37.2 Å². The van der Waals surface area contributed by atoms with Gasteiger partial charge in [-0.15, -0.1) is 0 Å². The Morgan fingerprint density at radius 3 is 2.50 bits per heavy atom. The predicted octanol–water partition coefficient (Wildman–Crippen LogP) is 3.25. The number of rotatable bonds is 5. The van der Waals surface area contributed by atoms with Gasteiger partial charge in [-0.3, -0.25) is 4.90 Å². The Hall–Kier alpha value is -1.61. The van der Waals surface area contributed by atoms with E-state index < -0.39 is 10.0 Å².